The number of hydrogen-bond donors (Lipinski definition) is 1. The maximum Gasteiger partial charge on any atom is 0.234 e. The molecule has 3 aliphatic rings. The SMILES string of the molecule is O=C(CN1CCC(CN2CCOCC2)CC1)NCCCN1CCCC1=O. The molecule has 0 aromatic rings. The average molecular weight is 367 g/mol. The van der Waals surface area contributed by atoms with E-state index in [9.17, 15) is 9.59 Å². The first-order chi connectivity index (χ1) is 12.7. The summed E-state index contributed by atoms with van der Waals surface area (Å²) < 4.78 is 5.41. The fourth-order valence-corrected chi connectivity index (χ4v) is 4.17. The van der Waals surface area contributed by atoms with Gasteiger partial charge in [0.25, 0.3) is 0 Å². The maximum absolute atomic E-state index is 12.1. The Kier molecular flexibility index (Phi) is 7.70. The molecule has 0 saturated carbocycles. The van der Waals surface area contributed by atoms with E-state index in [4.69, 9.17) is 4.74 Å². The van der Waals surface area contributed by atoms with E-state index in [0.717, 1.165) is 71.2 Å². The van der Waals surface area contributed by atoms with E-state index in [1.54, 1.807) is 0 Å². The van der Waals surface area contributed by atoms with Gasteiger partial charge in [-0.3, -0.25) is 19.4 Å². The van der Waals surface area contributed by atoms with Crippen molar-refractivity contribution >= 4 is 11.8 Å². The zero-order chi connectivity index (χ0) is 18.2. The molecule has 3 fully saturated rings. The van der Waals surface area contributed by atoms with Crippen LogP contribution >= 0.6 is 0 Å². The highest BCUT2D eigenvalue weighted by Crippen LogP contribution is 2.18. The number of carbonyl (C=O) groups is 2. The molecule has 0 aromatic carbocycles. The van der Waals surface area contributed by atoms with Gasteiger partial charge in [-0.2, -0.15) is 0 Å². The van der Waals surface area contributed by atoms with Gasteiger partial charge >= 0.3 is 0 Å². The molecule has 2 amide bonds. The number of piperidine rings is 1. The summed E-state index contributed by atoms with van der Waals surface area (Å²) in [5, 5.41) is 3.00. The number of morpholine rings is 1. The van der Waals surface area contributed by atoms with Gasteiger partial charge in [-0.15, -0.1) is 0 Å². The highest BCUT2D eigenvalue weighted by molar-refractivity contribution is 5.78. The van der Waals surface area contributed by atoms with Crippen molar-refractivity contribution in [2.45, 2.75) is 32.1 Å². The minimum Gasteiger partial charge on any atom is -0.379 e. The molecule has 0 aliphatic carbocycles. The van der Waals surface area contributed by atoms with Gasteiger partial charge in [0.2, 0.25) is 11.8 Å². The van der Waals surface area contributed by atoms with Crippen molar-refractivity contribution < 1.29 is 14.3 Å². The lowest BCUT2D eigenvalue weighted by Crippen LogP contribution is -2.45. The van der Waals surface area contributed by atoms with Gasteiger partial charge < -0.3 is 15.0 Å². The van der Waals surface area contributed by atoms with Crippen LogP contribution in [-0.2, 0) is 14.3 Å². The van der Waals surface area contributed by atoms with Crippen LogP contribution in [0.1, 0.15) is 32.1 Å². The molecule has 0 aromatic heterocycles. The number of rotatable bonds is 8. The minimum atomic E-state index is 0.115. The van der Waals surface area contributed by atoms with Crippen molar-refractivity contribution in [3.8, 4) is 0 Å². The topological polar surface area (TPSA) is 65.1 Å². The fraction of sp³-hybridized carbons (Fsp3) is 0.895. The smallest absolute Gasteiger partial charge is 0.234 e. The largest absolute Gasteiger partial charge is 0.379 e. The molecule has 0 unspecified atom stereocenters. The Balaban J connectivity index is 1.23. The number of nitrogens with one attached hydrogen (secondary N) is 1. The predicted octanol–water partition coefficient (Wildman–Crippen LogP) is 0.159. The molecule has 3 saturated heterocycles. The van der Waals surface area contributed by atoms with Gasteiger partial charge in [-0.05, 0) is 44.7 Å². The lowest BCUT2D eigenvalue weighted by atomic mass is 9.96. The van der Waals surface area contributed by atoms with Crippen LogP contribution in [0.25, 0.3) is 0 Å². The standard InChI is InChI=1S/C19H34N4O3/c24-18(20-6-2-8-23-7-1-3-19(23)25)16-21-9-4-17(5-10-21)15-22-11-13-26-14-12-22/h17H,1-16H2,(H,20,24). The monoisotopic (exact) mass is 366 g/mol. The summed E-state index contributed by atoms with van der Waals surface area (Å²) >= 11 is 0. The van der Waals surface area contributed by atoms with E-state index in [0.29, 0.717) is 19.5 Å². The molecule has 1 N–H and O–H groups in total. The lowest BCUT2D eigenvalue weighted by molar-refractivity contribution is -0.127. The van der Waals surface area contributed by atoms with Gasteiger partial charge in [0.1, 0.15) is 0 Å². The van der Waals surface area contributed by atoms with Crippen LogP contribution in [0.4, 0.5) is 0 Å². The molecule has 3 heterocycles. The predicted molar refractivity (Wildman–Crippen MR) is 99.9 cm³/mol. The Hall–Kier alpha value is -1.18. The zero-order valence-corrected chi connectivity index (χ0v) is 16.0. The normalized spacial score (nSPS) is 23.5. The Morgan fingerprint density at radius 3 is 2.54 bits per heavy atom. The zero-order valence-electron chi connectivity index (χ0n) is 16.0. The maximum atomic E-state index is 12.1. The molecule has 0 atom stereocenters. The Morgan fingerprint density at radius 2 is 1.85 bits per heavy atom. The van der Waals surface area contributed by atoms with Crippen molar-refractivity contribution in [2.75, 3.05) is 72.1 Å². The van der Waals surface area contributed by atoms with Crippen molar-refractivity contribution in [3.63, 3.8) is 0 Å². The van der Waals surface area contributed by atoms with Crippen LogP contribution in [0.5, 0.6) is 0 Å². The van der Waals surface area contributed by atoms with Crippen LogP contribution in [0.3, 0.4) is 0 Å². The molecule has 26 heavy (non-hydrogen) atoms. The second-order valence-corrected chi connectivity index (χ2v) is 7.82. The Bertz CT molecular complexity index is 460. The molecule has 0 radical (unpaired) electrons. The second kappa shape index (κ2) is 10.2. The van der Waals surface area contributed by atoms with E-state index in [1.165, 1.54) is 19.4 Å². The number of carbonyl (C=O) groups excluding carboxylic acids is 2. The van der Waals surface area contributed by atoms with Crippen LogP contribution < -0.4 is 5.32 Å². The van der Waals surface area contributed by atoms with Gasteiger partial charge in [0.15, 0.2) is 0 Å². The second-order valence-electron chi connectivity index (χ2n) is 7.82. The van der Waals surface area contributed by atoms with Crippen LogP contribution in [0, 0.1) is 5.92 Å². The van der Waals surface area contributed by atoms with E-state index < -0.39 is 0 Å². The fourth-order valence-electron chi connectivity index (χ4n) is 4.17. The minimum absolute atomic E-state index is 0.115. The first kappa shape index (κ1) is 19.6. The molecule has 148 valence electrons. The number of hydrogen-bond acceptors (Lipinski definition) is 5. The average Bonchev–Trinajstić information content (AvgIpc) is 3.06. The van der Waals surface area contributed by atoms with Gasteiger partial charge in [-0.1, -0.05) is 0 Å². The first-order valence-corrected chi connectivity index (χ1v) is 10.3. The highest BCUT2D eigenvalue weighted by Gasteiger charge is 2.23. The van der Waals surface area contributed by atoms with Gasteiger partial charge in [0, 0.05) is 45.7 Å². The summed E-state index contributed by atoms with van der Waals surface area (Å²) in [6, 6.07) is 0. The molecular formula is C19H34N4O3. The van der Waals surface area contributed by atoms with Crippen LogP contribution in [-0.4, -0.2) is 98.6 Å². The van der Waals surface area contributed by atoms with Crippen molar-refractivity contribution in [2.24, 2.45) is 5.92 Å². The highest BCUT2D eigenvalue weighted by atomic mass is 16.5. The third-order valence-corrected chi connectivity index (χ3v) is 5.79. The van der Waals surface area contributed by atoms with Crippen molar-refractivity contribution in [1.82, 2.24) is 20.0 Å². The third kappa shape index (κ3) is 6.21. The van der Waals surface area contributed by atoms with Crippen LogP contribution in [0.2, 0.25) is 0 Å². The third-order valence-electron chi connectivity index (χ3n) is 5.79. The van der Waals surface area contributed by atoms with E-state index >= 15 is 0 Å². The van der Waals surface area contributed by atoms with Crippen molar-refractivity contribution in [3.05, 3.63) is 0 Å². The molecule has 0 spiro atoms. The number of ether oxygens (including phenoxy) is 1. The summed E-state index contributed by atoms with van der Waals surface area (Å²) in [5.74, 6) is 1.13. The number of amides is 2. The molecule has 3 aliphatic heterocycles. The van der Waals surface area contributed by atoms with E-state index in [2.05, 4.69) is 15.1 Å². The first-order valence-electron chi connectivity index (χ1n) is 10.3. The van der Waals surface area contributed by atoms with E-state index in [1.807, 2.05) is 4.90 Å². The number of likely N-dealkylation sites (tertiary alicyclic amines) is 2. The quantitative estimate of drug-likeness (QED) is 0.620. The molecule has 3 rings (SSSR count). The Labute approximate surface area is 157 Å². The summed E-state index contributed by atoms with van der Waals surface area (Å²) in [5.41, 5.74) is 0. The van der Waals surface area contributed by atoms with Gasteiger partial charge in [-0.25, -0.2) is 0 Å². The summed E-state index contributed by atoms with van der Waals surface area (Å²) in [4.78, 5) is 30.4. The van der Waals surface area contributed by atoms with Crippen molar-refractivity contribution in [1.29, 1.82) is 0 Å². The Morgan fingerprint density at radius 1 is 1.08 bits per heavy atom. The molecule has 7 heteroatoms. The molecular weight excluding hydrogens is 332 g/mol. The molecule has 7 nitrogen and oxygen atoms in total. The van der Waals surface area contributed by atoms with E-state index in [-0.39, 0.29) is 11.8 Å². The number of nitrogens with zero attached hydrogens (tertiary/aromatic N) is 3. The van der Waals surface area contributed by atoms with Gasteiger partial charge in [0.05, 0.1) is 19.8 Å². The summed E-state index contributed by atoms with van der Waals surface area (Å²) in [7, 11) is 0. The van der Waals surface area contributed by atoms with Crippen LogP contribution in [0.15, 0.2) is 0 Å². The molecule has 0 bridgehead atoms. The lowest BCUT2D eigenvalue weighted by Gasteiger charge is -2.35. The summed E-state index contributed by atoms with van der Waals surface area (Å²) in [6.45, 7) is 9.89. The summed E-state index contributed by atoms with van der Waals surface area (Å²) in [6.07, 6.45) is 4.88.